The van der Waals surface area contributed by atoms with Gasteiger partial charge in [-0.2, -0.15) is 0 Å². The molecule has 1 aliphatic rings. The van der Waals surface area contributed by atoms with E-state index in [1.807, 2.05) is 11.8 Å². The minimum absolute atomic E-state index is 0. The van der Waals surface area contributed by atoms with Gasteiger partial charge in [-0.3, -0.25) is 4.79 Å². The first-order chi connectivity index (χ1) is 8.77. The Bertz CT molecular complexity index is 242. The van der Waals surface area contributed by atoms with Gasteiger partial charge in [-0.25, -0.2) is 0 Å². The zero-order valence-electron chi connectivity index (χ0n) is 12.0. The molecule has 0 bridgehead atoms. The van der Waals surface area contributed by atoms with E-state index in [-0.39, 0.29) is 18.3 Å². The van der Waals surface area contributed by atoms with E-state index in [0.29, 0.717) is 19.1 Å². The van der Waals surface area contributed by atoms with E-state index in [2.05, 4.69) is 5.32 Å². The molecule has 0 saturated carbocycles. The van der Waals surface area contributed by atoms with Crippen LogP contribution in [-0.2, 0) is 14.3 Å². The molecule has 19 heavy (non-hydrogen) atoms. The van der Waals surface area contributed by atoms with Crippen LogP contribution < -0.4 is 5.32 Å². The molecule has 1 saturated heterocycles. The molecule has 0 spiro atoms. The van der Waals surface area contributed by atoms with Gasteiger partial charge in [0, 0.05) is 33.4 Å². The van der Waals surface area contributed by atoms with Crippen LogP contribution in [0.25, 0.3) is 0 Å². The number of ether oxygens (including phenoxy) is 2. The predicted octanol–water partition coefficient (Wildman–Crippen LogP) is 0.919. The highest BCUT2D eigenvalue weighted by atomic mass is 35.5. The van der Waals surface area contributed by atoms with Crippen molar-refractivity contribution in [2.45, 2.75) is 19.8 Å². The number of halogens is 1. The Morgan fingerprint density at radius 3 is 2.95 bits per heavy atom. The smallest absolute Gasteiger partial charge is 0.236 e. The number of amides is 1. The van der Waals surface area contributed by atoms with E-state index in [0.717, 1.165) is 39.3 Å². The lowest BCUT2D eigenvalue weighted by atomic mass is 9.99. The fourth-order valence-corrected chi connectivity index (χ4v) is 2.19. The van der Waals surface area contributed by atoms with Gasteiger partial charge in [0.25, 0.3) is 0 Å². The molecular weight excluding hydrogens is 268 g/mol. The number of rotatable bonds is 8. The Hall–Kier alpha value is -0.360. The third-order valence-corrected chi connectivity index (χ3v) is 3.19. The first-order valence-electron chi connectivity index (χ1n) is 6.83. The summed E-state index contributed by atoms with van der Waals surface area (Å²) < 4.78 is 10.4. The molecule has 0 aromatic rings. The minimum Gasteiger partial charge on any atom is -0.383 e. The molecule has 1 rings (SSSR count). The van der Waals surface area contributed by atoms with Gasteiger partial charge in [-0.05, 0) is 25.7 Å². The highest BCUT2D eigenvalue weighted by Crippen LogP contribution is 2.16. The summed E-state index contributed by atoms with van der Waals surface area (Å²) in [5, 5.41) is 3.09. The number of carbonyl (C=O) groups excluding carboxylic acids is 1. The molecule has 0 aliphatic carbocycles. The monoisotopic (exact) mass is 294 g/mol. The van der Waals surface area contributed by atoms with Crippen molar-refractivity contribution >= 4 is 18.3 Å². The van der Waals surface area contributed by atoms with Crippen LogP contribution in [0.15, 0.2) is 0 Å². The van der Waals surface area contributed by atoms with Crippen molar-refractivity contribution in [3.05, 3.63) is 0 Å². The number of likely N-dealkylation sites (tertiary alicyclic amines) is 1. The van der Waals surface area contributed by atoms with Gasteiger partial charge in [-0.1, -0.05) is 0 Å². The molecule has 1 amide bonds. The van der Waals surface area contributed by atoms with Gasteiger partial charge in [0.2, 0.25) is 5.91 Å². The lowest BCUT2D eigenvalue weighted by Crippen LogP contribution is -2.45. The zero-order valence-corrected chi connectivity index (χ0v) is 12.8. The first-order valence-corrected chi connectivity index (χ1v) is 6.83. The minimum atomic E-state index is 0. The lowest BCUT2D eigenvalue weighted by molar-refractivity contribution is -0.132. The molecule has 0 radical (unpaired) electrons. The van der Waals surface area contributed by atoms with Crippen molar-refractivity contribution in [2.24, 2.45) is 5.92 Å². The highest BCUT2D eigenvalue weighted by Gasteiger charge is 2.23. The highest BCUT2D eigenvalue weighted by molar-refractivity contribution is 5.85. The van der Waals surface area contributed by atoms with Crippen molar-refractivity contribution in [1.29, 1.82) is 0 Å². The number of hydrogen-bond acceptors (Lipinski definition) is 4. The molecule has 1 unspecified atom stereocenters. The van der Waals surface area contributed by atoms with Crippen molar-refractivity contribution in [3.63, 3.8) is 0 Å². The van der Waals surface area contributed by atoms with E-state index < -0.39 is 0 Å². The van der Waals surface area contributed by atoms with Crippen LogP contribution in [0.1, 0.15) is 19.8 Å². The van der Waals surface area contributed by atoms with Gasteiger partial charge >= 0.3 is 0 Å². The van der Waals surface area contributed by atoms with E-state index >= 15 is 0 Å². The SMILES string of the molecule is CCOCC1CCCN(C(=O)CNCCOC)C1.Cl. The molecule has 1 fully saturated rings. The molecule has 0 aromatic heterocycles. The maximum absolute atomic E-state index is 12.0. The summed E-state index contributed by atoms with van der Waals surface area (Å²) in [6.45, 7) is 7.02. The van der Waals surface area contributed by atoms with Crippen molar-refractivity contribution < 1.29 is 14.3 Å². The second-order valence-corrected chi connectivity index (χ2v) is 4.68. The molecule has 1 atom stereocenters. The fraction of sp³-hybridized carbons (Fsp3) is 0.923. The largest absolute Gasteiger partial charge is 0.383 e. The summed E-state index contributed by atoms with van der Waals surface area (Å²) in [7, 11) is 1.66. The molecule has 1 N–H and O–H groups in total. The Morgan fingerprint density at radius 1 is 1.47 bits per heavy atom. The second-order valence-electron chi connectivity index (χ2n) is 4.68. The maximum Gasteiger partial charge on any atom is 0.236 e. The van der Waals surface area contributed by atoms with E-state index in [1.165, 1.54) is 6.42 Å². The topological polar surface area (TPSA) is 50.8 Å². The number of carbonyl (C=O) groups is 1. The van der Waals surface area contributed by atoms with Crippen LogP contribution in [0.4, 0.5) is 0 Å². The Morgan fingerprint density at radius 2 is 2.26 bits per heavy atom. The zero-order chi connectivity index (χ0) is 13.2. The van der Waals surface area contributed by atoms with Gasteiger partial charge in [0.05, 0.1) is 19.8 Å². The average Bonchev–Trinajstić information content (AvgIpc) is 2.41. The summed E-state index contributed by atoms with van der Waals surface area (Å²) in [4.78, 5) is 13.9. The number of nitrogens with one attached hydrogen (secondary N) is 1. The third kappa shape index (κ3) is 7.72. The molecule has 1 aliphatic heterocycles. The van der Waals surface area contributed by atoms with Gasteiger partial charge in [0.1, 0.15) is 0 Å². The molecule has 6 heteroatoms. The van der Waals surface area contributed by atoms with Crippen LogP contribution in [-0.4, -0.2) is 63.9 Å². The molecule has 1 heterocycles. The maximum atomic E-state index is 12.0. The summed E-state index contributed by atoms with van der Waals surface area (Å²) in [6.07, 6.45) is 2.25. The van der Waals surface area contributed by atoms with Crippen molar-refractivity contribution in [3.8, 4) is 0 Å². The number of nitrogens with zero attached hydrogens (tertiary/aromatic N) is 1. The predicted molar refractivity (Wildman–Crippen MR) is 77.8 cm³/mol. The van der Waals surface area contributed by atoms with Crippen LogP contribution in [0, 0.1) is 5.92 Å². The summed E-state index contributed by atoms with van der Waals surface area (Å²) in [5.74, 6) is 0.689. The summed E-state index contributed by atoms with van der Waals surface area (Å²) >= 11 is 0. The normalized spacial score (nSPS) is 19.1. The summed E-state index contributed by atoms with van der Waals surface area (Å²) in [5.41, 5.74) is 0. The van der Waals surface area contributed by atoms with Crippen LogP contribution in [0.5, 0.6) is 0 Å². The number of hydrogen-bond donors (Lipinski definition) is 1. The van der Waals surface area contributed by atoms with Crippen molar-refractivity contribution in [2.75, 3.05) is 53.1 Å². The van der Waals surface area contributed by atoms with E-state index in [1.54, 1.807) is 7.11 Å². The fourth-order valence-electron chi connectivity index (χ4n) is 2.19. The van der Waals surface area contributed by atoms with Crippen molar-refractivity contribution in [1.82, 2.24) is 10.2 Å². The number of piperidine rings is 1. The molecule has 114 valence electrons. The lowest BCUT2D eigenvalue weighted by Gasteiger charge is -2.32. The van der Waals surface area contributed by atoms with E-state index in [9.17, 15) is 4.79 Å². The van der Waals surface area contributed by atoms with Crippen LogP contribution in [0.2, 0.25) is 0 Å². The first kappa shape index (κ1) is 18.6. The standard InChI is InChI=1S/C13H26N2O3.ClH/c1-3-18-11-12-5-4-7-15(10-12)13(16)9-14-6-8-17-2;/h12,14H,3-11H2,1-2H3;1H. The van der Waals surface area contributed by atoms with Gasteiger partial charge < -0.3 is 19.7 Å². The van der Waals surface area contributed by atoms with E-state index in [4.69, 9.17) is 9.47 Å². The Labute approximate surface area is 122 Å². The Balaban J connectivity index is 0.00000324. The second kappa shape index (κ2) is 11.5. The third-order valence-electron chi connectivity index (χ3n) is 3.19. The summed E-state index contributed by atoms with van der Waals surface area (Å²) in [6, 6.07) is 0. The average molecular weight is 295 g/mol. The number of methoxy groups -OCH3 is 1. The van der Waals surface area contributed by atoms with Crippen LogP contribution in [0.3, 0.4) is 0 Å². The van der Waals surface area contributed by atoms with Gasteiger partial charge in [-0.15, -0.1) is 12.4 Å². The molecule has 5 nitrogen and oxygen atoms in total. The molecular formula is C13H27ClN2O3. The Kier molecular flexibility index (Phi) is 11.2. The molecule has 0 aromatic carbocycles. The van der Waals surface area contributed by atoms with Gasteiger partial charge in [0.15, 0.2) is 0 Å². The van der Waals surface area contributed by atoms with Crippen LogP contribution >= 0.6 is 12.4 Å². The quantitative estimate of drug-likeness (QED) is 0.677.